The van der Waals surface area contributed by atoms with Crippen LogP contribution in [0.15, 0.2) is 30.3 Å². The predicted octanol–water partition coefficient (Wildman–Crippen LogP) is 3.35. The molecule has 0 amide bonds. The molecule has 0 atom stereocenters. The lowest BCUT2D eigenvalue weighted by molar-refractivity contribution is 0.354. The van der Waals surface area contributed by atoms with Crippen LogP contribution in [0, 0.1) is 6.92 Å². The number of ether oxygens (including phenoxy) is 2. The van der Waals surface area contributed by atoms with Crippen LogP contribution in [0.25, 0.3) is 0 Å². The maximum absolute atomic E-state index is 6.19. The Hall–Kier alpha value is -1.78. The molecule has 0 bridgehead atoms. The number of hydrogen-bond acceptors (Lipinski definition) is 4. The molecule has 1 aromatic heterocycles. The van der Waals surface area contributed by atoms with E-state index in [9.17, 15) is 0 Å². The average Bonchev–Trinajstić information content (AvgIpc) is 2.46. The molecule has 1 N–H and O–H groups in total. The normalized spacial score (nSPS) is 10.5. The Morgan fingerprint density at radius 1 is 1.14 bits per heavy atom. The molecule has 2 aromatic rings. The second-order valence-electron chi connectivity index (χ2n) is 4.69. The average molecular weight is 307 g/mol. The second-order valence-corrected chi connectivity index (χ2v) is 5.09. The van der Waals surface area contributed by atoms with Crippen molar-refractivity contribution in [1.82, 2.24) is 10.3 Å². The van der Waals surface area contributed by atoms with Gasteiger partial charge in [-0.05, 0) is 36.8 Å². The van der Waals surface area contributed by atoms with Crippen molar-refractivity contribution in [3.63, 3.8) is 0 Å². The van der Waals surface area contributed by atoms with E-state index in [4.69, 9.17) is 21.1 Å². The summed E-state index contributed by atoms with van der Waals surface area (Å²) in [5, 5.41) is 3.89. The lowest BCUT2D eigenvalue weighted by Gasteiger charge is -2.12. The summed E-state index contributed by atoms with van der Waals surface area (Å²) in [6.07, 6.45) is 0. The predicted molar refractivity (Wildman–Crippen MR) is 84.1 cm³/mol. The summed E-state index contributed by atoms with van der Waals surface area (Å²) >= 11 is 6.19. The summed E-state index contributed by atoms with van der Waals surface area (Å²) in [7, 11) is 3.17. The summed E-state index contributed by atoms with van der Waals surface area (Å²) in [6.45, 7) is 3.36. The Balaban J connectivity index is 2.02. The SMILES string of the molecule is COc1cc(CNCc2cccc(C)n2)cc(Cl)c1OC. The highest BCUT2D eigenvalue weighted by Crippen LogP contribution is 2.35. The number of aryl methyl sites for hydroxylation is 1. The summed E-state index contributed by atoms with van der Waals surface area (Å²) in [5.41, 5.74) is 3.07. The number of aromatic nitrogens is 1. The minimum atomic E-state index is 0.544. The highest BCUT2D eigenvalue weighted by Gasteiger charge is 2.10. The minimum absolute atomic E-state index is 0.544. The van der Waals surface area contributed by atoms with Crippen LogP contribution in [0.4, 0.5) is 0 Å². The summed E-state index contributed by atoms with van der Waals surface area (Å²) in [5.74, 6) is 1.19. The molecule has 1 heterocycles. The molecule has 0 radical (unpaired) electrons. The van der Waals surface area contributed by atoms with E-state index in [-0.39, 0.29) is 0 Å². The number of pyridine rings is 1. The Bertz CT molecular complexity index is 617. The first-order valence-electron chi connectivity index (χ1n) is 6.67. The number of nitrogens with one attached hydrogen (secondary N) is 1. The standard InChI is InChI=1S/C16H19ClN2O2/c1-11-5-4-6-13(19-11)10-18-9-12-7-14(17)16(21-3)15(8-12)20-2/h4-8,18H,9-10H2,1-3H3. The van der Waals surface area contributed by atoms with E-state index in [0.29, 0.717) is 29.6 Å². The van der Waals surface area contributed by atoms with Gasteiger partial charge in [0, 0.05) is 18.8 Å². The highest BCUT2D eigenvalue weighted by molar-refractivity contribution is 6.32. The van der Waals surface area contributed by atoms with Crippen LogP contribution >= 0.6 is 11.6 Å². The van der Waals surface area contributed by atoms with Crippen LogP contribution in [-0.4, -0.2) is 19.2 Å². The van der Waals surface area contributed by atoms with Gasteiger partial charge >= 0.3 is 0 Å². The summed E-state index contributed by atoms with van der Waals surface area (Å²) < 4.78 is 10.5. The molecule has 1 aromatic carbocycles. The van der Waals surface area contributed by atoms with Gasteiger partial charge in [0.1, 0.15) is 0 Å². The molecule has 0 aliphatic rings. The molecule has 0 saturated carbocycles. The molecular formula is C16H19ClN2O2. The van der Waals surface area contributed by atoms with Crippen molar-refractivity contribution in [2.75, 3.05) is 14.2 Å². The Morgan fingerprint density at radius 3 is 2.62 bits per heavy atom. The topological polar surface area (TPSA) is 43.4 Å². The lowest BCUT2D eigenvalue weighted by Crippen LogP contribution is -2.14. The maximum Gasteiger partial charge on any atom is 0.179 e. The van der Waals surface area contributed by atoms with Gasteiger partial charge < -0.3 is 14.8 Å². The van der Waals surface area contributed by atoms with Gasteiger partial charge in [-0.1, -0.05) is 17.7 Å². The van der Waals surface area contributed by atoms with E-state index in [2.05, 4.69) is 10.3 Å². The van der Waals surface area contributed by atoms with Crippen molar-refractivity contribution in [2.45, 2.75) is 20.0 Å². The van der Waals surface area contributed by atoms with E-state index in [0.717, 1.165) is 17.0 Å². The van der Waals surface area contributed by atoms with Crippen molar-refractivity contribution >= 4 is 11.6 Å². The molecule has 112 valence electrons. The van der Waals surface area contributed by atoms with E-state index in [1.54, 1.807) is 14.2 Å². The third kappa shape index (κ3) is 4.09. The van der Waals surface area contributed by atoms with Crippen LogP contribution in [0.2, 0.25) is 5.02 Å². The van der Waals surface area contributed by atoms with Crippen molar-refractivity contribution in [3.05, 3.63) is 52.3 Å². The van der Waals surface area contributed by atoms with Crippen molar-refractivity contribution < 1.29 is 9.47 Å². The Kier molecular flexibility index (Phi) is 5.42. The third-order valence-electron chi connectivity index (χ3n) is 3.07. The van der Waals surface area contributed by atoms with Crippen molar-refractivity contribution in [1.29, 1.82) is 0 Å². The smallest absolute Gasteiger partial charge is 0.179 e. The maximum atomic E-state index is 6.19. The number of benzene rings is 1. The van der Waals surface area contributed by atoms with Gasteiger partial charge in [0.15, 0.2) is 11.5 Å². The number of nitrogens with zero attached hydrogens (tertiary/aromatic N) is 1. The van der Waals surface area contributed by atoms with E-state index < -0.39 is 0 Å². The fourth-order valence-corrected chi connectivity index (χ4v) is 2.42. The number of methoxy groups -OCH3 is 2. The third-order valence-corrected chi connectivity index (χ3v) is 3.36. The molecule has 0 fully saturated rings. The van der Waals surface area contributed by atoms with Crippen molar-refractivity contribution in [2.24, 2.45) is 0 Å². The highest BCUT2D eigenvalue weighted by atomic mass is 35.5. The van der Waals surface area contributed by atoms with Gasteiger partial charge in [0.25, 0.3) is 0 Å². The largest absolute Gasteiger partial charge is 0.493 e. The first-order chi connectivity index (χ1) is 10.1. The zero-order chi connectivity index (χ0) is 15.2. The number of rotatable bonds is 6. The number of hydrogen-bond donors (Lipinski definition) is 1. The minimum Gasteiger partial charge on any atom is -0.493 e. The van der Waals surface area contributed by atoms with Gasteiger partial charge in [-0.2, -0.15) is 0 Å². The fourth-order valence-electron chi connectivity index (χ4n) is 2.11. The Morgan fingerprint density at radius 2 is 1.95 bits per heavy atom. The molecule has 0 spiro atoms. The quantitative estimate of drug-likeness (QED) is 0.889. The molecule has 0 aliphatic carbocycles. The molecule has 0 saturated heterocycles. The first kappa shape index (κ1) is 15.6. The van der Waals surface area contributed by atoms with E-state index >= 15 is 0 Å². The first-order valence-corrected chi connectivity index (χ1v) is 7.05. The van der Waals surface area contributed by atoms with Gasteiger partial charge in [-0.3, -0.25) is 4.98 Å². The van der Waals surface area contributed by atoms with Crippen LogP contribution in [0.1, 0.15) is 17.0 Å². The fraction of sp³-hybridized carbons (Fsp3) is 0.312. The monoisotopic (exact) mass is 306 g/mol. The zero-order valence-corrected chi connectivity index (χ0v) is 13.2. The zero-order valence-electron chi connectivity index (χ0n) is 12.4. The van der Waals surface area contributed by atoms with E-state index in [1.165, 1.54) is 0 Å². The molecule has 0 unspecified atom stereocenters. The summed E-state index contributed by atoms with van der Waals surface area (Å²) in [6, 6.07) is 9.78. The van der Waals surface area contributed by atoms with Crippen LogP contribution in [0.3, 0.4) is 0 Å². The van der Waals surface area contributed by atoms with Crippen LogP contribution in [-0.2, 0) is 13.1 Å². The lowest BCUT2D eigenvalue weighted by atomic mass is 10.2. The van der Waals surface area contributed by atoms with Gasteiger partial charge in [-0.25, -0.2) is 0 Å². The van der Waals surface area contributed by atoms with Gasteiger partial charge in [-0.15, -0.1) is 0 Å². The molecule has 5 heteroatoms. The molecule has 0 aliphatic heterocycles. The molecular weight excluding hydrogens is 288 g/mol. The van der Waals surface area contributed by atoms with Crippen LogP contribution in [0.5, 0.6) is 11.5 Å². The Labute approximate surface area is 130 Å². The van der Waals surface area contributed by atoms with Gasteiger partial charge in [0.05, 0.1) is 24.9 Å². The van der Waals surface area contributed by atoms with E-state index in [1.807, 2.05) is 37.3 Å². The van der Waals surface area contributed by atoms with Gasteiger partial charge in [0.2, 0.25) is 0 Å². The van der Waals surface area contributed by atoms with Crippen molar-refractivity contribution in [3.8, 4) is 11.5 Å². The molecule has 4 nitrogen and oxygen atoms in total. The number of halogens is 1. The second kappa shape index (κ2) is 7.29. The van der Waals surface area contributed by atoms with Crippen LogP contribution < -0.4 is 14.8 Å². The molecule has 2 rings (SSSR count). The summed E-state index contributed by atoms with van der Waals surface area (Å²) in [4.78, 5) is 4.45. The molecule has 21 heavy (non-hydrogen) atoms.